The molecule has 0 aliphatic rings. The molecule has 1 heteroatoms. The Hall–Kier alpha value is -1.60. The highest BCUT2D eigenvalue weighted by molar-refractivity contribution is 5.68. The SMILES string of the molecule is Cc1cccc(-c2ccc(CNC(C)C)cc2C)c1. The molecule has 0 spiro atoms. The molecule has 1 N–H and O–H groups in total. The monoisotopic (exact) mass is 253 g/mol. The van der Waals surface area contributed by atoms with Crippen molar-refractivity contribution in [2.45, 2.75) is 40.3 Å². The zero-order valence-corrected chi connectivity index (χ0v) is 12.3. The topological polar surface area (TPSA) is 12.0 Å². The lowest BCUT2D eigenvalue weighted by atomic mass is 9.97. The molecule has 0 aliphatic heterocycles. The van der Waals surface area contributed by atoms with Gasteiger partial charge in [-0.25, -0.2) is 0 Å². The highest BCUT2D eigenvalue weighted by Crippen LogP contribution is 2.25. The molecule has 2 aromatic rings. The van der Waals surface area contributed by atoms with Crippen molar-refractivity contribution >= 4 is 0 Å². The average Bonchev–Trinajstić information content (AvgIpc) is 2.36. The number of hydrogen-bond acceptors (Lipinski definition) is 1. The van der Waals surface area contributed by atoms with Gasteiger partial charge in [0.15, 0.2) is 0 Å². The van der Waals surface area contributed by atoms with Gasteiger partial charge in [-0.3, -0.25) is 0 Å². The molecule has 0 saturated heterocycles. The first kappa shape index (κ1) is 13.8. The van der Waals surface area contributed by atoms with Crippen LogP contribution in [-0.2, 0) is 6.54 Å². The average molecular weight is 253 g/mol. The minimum atomic E-state index is 0.525. The summed E-state index contributed by atoms with van der Waals surface area (Å²) in [4.78, 5) is 0. The Morgan fingerprint density at radius 2 is 1.79 bits per heavy atom. The molecule has 0 bridgehead atoms. The number of hydrogen-bond donors (Lipinski definition) is 1. The molecule has 100 valence electrons. The van der Waals surface area contributed by atoms with E-state index in [0.717, 1.165) is 6.54 Å². The molecule has 2 rings (SSSR count). The van der Waals surface area contributed by atoms with Crippen LogP contribution in [-0.4, -0.2) is 6.04 Å². The zero-order chi connectivity index (χ0) is 13.8. The minimum absolute atomic E-state index is 0.525. The van der Waals surface area contributed by atoms with Crippen molar-refractivity contribution in [1.29, 1.82) is 0 Å². The van der Waals surface area contributed by atoms with E-state index in [1.165, 1.54) is 27.8 Å². The van der Waals surface area contributed by atoms with Crippen LogP contribution in [0.4, 0.5) is 0 Å². The fourth-order valence-corrected chi connectivity index (χ4v) is 2.29. The summed E-state index contributed by atoms with van der Waals surface area (Å²) in [6.45, 7) is 9.62. The maximum Gasteiger partial charge on any atom is 0.0207 e. The standard InChI is InChI=1S/C18H23N/c1-13(2)19-12-16-8-9-18(15(4)11-16)17-7-5-6-14(3)10-17/h5-11,13,19H,12H2,1-4H3. The number of nitrogens with one attached hydrogen (secondary N) is 1. The van der Waals surface area contributed by atoms with Gasteiger partial charge in [-0.1, -0.05) is 61.9 Å². The van der Waals surface area contributed by atoms with Gasteiger partial charge in [0.2, 0.25) is 0 Å². The summed E-state index contributed by atoms with van der Waals surface area (Å²) in [6, 6.07) is 16.0. The van der Waals surface area contributed by atoms with Gasteiger partial charge >= 0.3 is 0 Å². The molecule has 0 aromatic heterocycles. The Morgan fingerprint density at radius 1 is 1.00 bits per heavy atom. The van der Waals surface area contributed by atoms with E-state index in [-0.39, 0.29) is 0 Å². The van der Waals surface area contributed by atoms with Gasteiger partial charge in [0.1, 0.15) is 0 Å². The van der Waals surface area contributed by atoms with E-state index in [9.17, 15) is 0 Å². The van der Waals surface area contributed by atoms with Crippen LogP contribution in [0.25, 0.3) is 11.1 Å². The van der Waals surface area contributed by atoms with Crippen LogP contribution in [0, 0.1) is 13.8 Å². The highest BCUT2D eigenvalue weighted by Gasteiger charge is 2.03. The van der Waals surface area contributed by atoms with Gasteiger partial charge in [0, 0.05) is 12.6 Å². The lowest BCUT2D eigenvalue weighted by molar-refractivity contribution is 0.589. The van der Waals surface area contributed by atoms with Crippen molar-refractivity contribution in [3.8, 4) is 11.1 Å². The van der Waals surface area contributed by atoms with E-state index in [1.807, 2.05) is 0 Å². The van der Waals surface area contributed by atoms with E-state index in [0.29, 0.717) is 6.04 Å². The normalized spacial score (nSPS) is 11.0. The molecule has 0 amide bonds. The largest absolute Gasteiger partial charge is 0.310 e. The lowest BCUT2D eigenvalue weighted by Gasteiger charge is -2.12. The molecule has 19 heavy (non-hydrogen) atoms. The van der Waals surface area contributed by atoms with Gasteiger partial charge in [-0.05, 0) is 36.1 Å². The van der Waals surface area contributed by atoms with Gasteiger partial charge in [-0.2, -0.15) is 0 Å². The van der Waals surface area contributed by atoms with E-state index in [1.54, 1.807) is 0 Å². The van der Waals surface area contributed by atoms with Crippen LogP contribution < -0.4 is 5.32 Å². The molecule has 0 heterocycles. The summed E-state index contributed by atoms with van der Waals surface area (Å²) in [7, 11) is 0. The quantitative estimate of drug-likeness (QED) is 0.847. The zero-order valence-electron chi connectivity index (χ0n) is 12.3. The minimum Gasteiger partial charge on any atom is -0.310 e. The van der Waals surface area contributed by atoms with Crippen molar-refractivity contribution < 1.29 is 0 Å². The smallest absolute Gasteiger partial charge is 0.0207 e. The van der Waals surface area contributed by atoms with Gasteiger partial charge in [0.05, 0.1) is 0 Å². The fourth-order valence-electron chi connectivity index (χ4n) is 2.29. The van der Waals surface area contributed by atoms with E-state index >= 15 is 0 Å². The van der Waals surface area contributed by atoms with Crippen molar-refractivity contribution in [1.82, 2.24) is 5.32 Å². The molecule has 0 radical (unpaired) electrons. The molecule has 0 saturated carbocycles. The van der Waals surface area contributed by atoms with Crippen LogP contribution in [0.3, 0.4) is 0 Å². The third-order valence-corrected chi connectivity index (χ3v) is 3.33. The van der Waals surface area contributed by atoms with Crippen LogP contribution in [0.2, 0.25) is 0 Å². The van der Waals surface area contributed by atoms with E-state index in [2.05, 4.69) is 75.5 Å². The summed E-state index contributed by atoms with van der Waals surface area (Å²) in [5.41, 5.74) is 6.64. The van der Waals surface area contributed by atoms with Crippen LogP contribution in [0.5, 0.6) is 0 Å². The maximum absolute atomic E-state index is 3.46. The highest BCUT2D eigenvalue weighted by atomic mass is 14.9. The molecule has 0 fully saturated rings. The first-order chi connectivity index (χ1) is 9.06. The Morgan fingerprint density at radius 3 is 2.42 bits per heavy atom. The Bertz CT molecular complexity index is 555. The fraction of sp³-hybridized carbons (Fsp3) is 0.333. The Kier molecular flexibility index (Phi) is 4.39. The van der Waals surface area contributed by atoms with Gasteiger partial charge in [-0.15, -0.1) is 0 Å². The summed E-state index contributed by atoms with van der Waals surface area (Å²) in [6.07, 6.45) is 0. The molecule has 0 unspecified atom stereocenters. The number of benzene rings is 2. The lowest BCUT2D eigenvalue weighted by Crippen LogP contribution is -2.21. The Balaban J connectivity index is 2.24. The number of rotatable bonds is 4. The molecule has 1 nitrogen and oxygen atoms in total. The summed E-state index contributed by atoms with van der Waals surface area (Å²) in [5.74, 6) is 0. The molecular formula is C18H23N. The van der Waals surface area contributed by atoms with Crippen LogP contribution in [0.15, 0.2) is 42.5 Å². The van der Waals surface area contributed by atoms with E-state index in [4.69, 9.17) is 0 Å². The van der Waals surface area contributed by atoms with Crippen LogP contribution in [0.1, 0.15) is 30.5 Å². The molecular weight excluding hydrogens is 230 g/mol. The van der Waals surface area contributed by atoms with Crippen molar-refractivity contribution in [2.24, 2.45) is 0 Å². The summed E-state index contributed by atoms with van der Waals surface area (Å²) >= 11 is 0. The molecule has 2 aromatic carbocycles. The van der Waals surface area contributed by atoms with Crippen molar-refractivity contribution in [3.63, 3.8) is 0 Å². The third kappa shape index (κ3) is 3.68. The van der Waals surface area contributed by atoms with Crippen molar-refractivity contribution in [3.05, 3.63) is 59.2 Å². The first-order valence-electron chi connectivity index (χ1n) is 6.96. The van der Waals surface area contributed by atoms with E-state index < -0.39 is 0 Å². The molecule has 0 atom stereocenters. The molecule has 0 aliphatic carbocycles. The van der Waals surface area contributed by atoms with Crippen LogP contribution >= 0.6 is 0 Å². The second-order valence-electron chi connectivity index (χ2n) is 5.55. The van der Waals surface area contributed by atoms with Gasteiger partial charge < -0.3 is 5.32 Å². The summed E-state index contributed by atoms with van der Waals surface area (Å²) in [5, 5.41) is 3.46. The van der Waals surface area contributed by atoms with Gasteiger partial charge in [0.25, 0.3) is 0 Å². The van der Waals surface area contributed by atoms with Crippen molar-refractivity contribution in [2.75, 3.05) is 0 Å². The second-order valence-corrected chi connectivity index (χ2v) is 5.55. The third-order valence-electron chi connectivity index (χ3n) is 3.33. The second kappa shape index (κ2) is 6.03. The predicted octanol–water partition coefficient (Wildman–Crippen LogP) is 4.47. The summed E-state index contributed by atoms with van der Waals surface area (Å²) < 4.78 is 0. The number of aryl methyl sites for hydroxylation is 2. The maximum atomic E-state index is 3.46. The Labute approximate surface area is 116 Å². The first-order valence-corrected chi connectivity index (χ1v) is 6.96. The predicted molar refractivity (Wildman–Crippen MR) is 83.3 cm³/mol.